The Morgan fingerprint density at radius 1 is 1.23 bits per heavy atom. The van der Waals surface area contributed by atoms with Gasteiger partial charge in [0.2, 0.25) is 5.91 Å². The molecule has 0 saturated heterocycles. The quantitative estimate of drug-likeness (QED) is 0.764. The van der Waals surface area contributed by atoms with Crippen LogP contribution in [-0.4, -0.2) is 59.3 Å². The lowest BCUT2D eigenvalue weighted by Crippen LogP contribution is -2.35. The number of carbonyl (C=O) groups excluding carboxylic acids is 1. The second-order valence-corrected chi connectivity index (χ2v) is 7.15. The van der Waals surface area contributed by atoms with Gasteiger partial charge in [-0.2, -0.15) is 5.10 Å². The molecule has 0 spiro atoms. The minimum Gasteiger partial charge on any atom is -0.493 e. The predicted octanol–water partition coefficient (Wildman–Crippen LogP) is 2.26. The van der Waals surface area contributed by atoms with Crippen LogP contribution in [0, 0.1) is 5.92 Å². The Balaban J connectivity index is 1.58. The molecule has 0 bridgehead atoms. The van der Waals surface area contributed by atoms with Crippen molar-refractivity contribution in [2.75, 3.05) is 33.8 Å². The predicted molar refractivity (Wildman–Crippen MR) is 101 cm³/mol. The van der Waals surface area contributed by atoms with Gasteiger partial charge in [0, 0.05) is 19.3 Å². The highest BCUT2D eigenvalue weighted by Gasteiger charge is 2.25. The standard InChI is InChI=1S/C20H28N4O2/c1-22(2)12-9-17-14-23(16-18-8-11-21-24(18)15-17)20(25)10-13-26-19-6-4-3-5-7-19/h3-8,11,17H,9-10,12-16H2,1-2H3/t17-/m1/s1. The summed E-state index contributed by atoms with van der Waals surface area (Å²) in [6, 6.07) is 11.6. The molecular formula is C20H28N4O2. The van der Waals surface area contributed by atoms with Crippen LogP contribution in [0.2, 0.25) is 0 Å². The number of aromatic nitrogens is 2. The third-order valence-electron chi connectivity index (χ3n) is 4.73. The van der Waals surface area contributed by atoms with Crippen LogP contribution in [0.3, 0.4) is 0 Å². The number of amides is 1. The molecule has 26 heavy (non-hydrogen) atoms. The minimum atomic E-state index is 0.144. The van der Waals surface area contributed by atoms with Crippen molar-refractivity contribution in [1.29, 1.82) is 0 Å². The largest absolute Gasteiger partial charge is 0.493 e. The summed E-state index contributed by atoms with van der Waals surface area (Å²) >= 11 is 0. The van der Waals surface area contributed by atoms with Crippen LogP contribution in [0.4, 0.5) is 0 Å². The van der Waals surface area contributed by atoms with Gasteiger partial charge in [0.25, 0.3) is 0 Å². The Morgan fingerprint density at radius 3 is 2.81 bits per heavy atom. The average molecular weight is 356 g/mol. The highest BCUT2D eigenvalue weighted by Crippen LogP contribution is 2.19. The summed E-state index contributed by atoms with van der Waals surface area (Å²) in [4.78, 5) is 16.9. The summed E-state index contributed by atoms with van der Waals surface area (Å²) in [5, 5.41) is 4.43. The van der Waals surface area contributed by atoms with E-state index < -0.39 is 0 Å². The average Bonchev–Trinajstić information content (AvgIpc) is 2.98. The first kappa shape index (κ1) is 18.5. The fourth-order valence-corrected chi connectivity index (χ4v) is 3.28. The van der Waals surface area contributed by atoms with Crippen molar-refractivity contribution in [2.45, 2.75) is 25.9 Å². The first-order valence-electron chi connectivity index (χ1n) is 9.23. The summed E-state index contributed by atoms with van der Waals surface area (Å²) in [6.45, 7) is 3.70. The second kappa shape index (κ2) is 8.85. The van der Waals surface area contributed by atoms with Gasteiger partial charge in [0.05, 0.1) is 25.3 Å². The summed E-state index contributed by atoms with van der Waals surface area (Å²) in [6.07, 6.45) is 3.27. The second-order valence-electron chi connectivity index (χ2n) is 7.15. The van der Waals surface area contributed by atoms with Gasteiger partial charge < -0.3 is 14.5 Å². The zero-order valence-corrected chi connectivity index (χ0v) is 15.7. The Labute approximate surface area is 155 Å². The highest BCUT2D eigenvalue weighted by atomic mass is 16.5. The summed E-state index contributed by atoms with van der Waals surface area (Å²) in [7, 11) is 4.17. The molecule has 0 radical (unpaired) electrons. The maximum Gasteiger partial charge on any atom is 0.226 e. The number of hydrogen-bond acceptors (Lipinski definition) is 4. The summed E-state index contributed by atoms with van der Waals surface area (Å²) < 4.78 is 7.74. The Kier molecular flexibility index (Phi) is 6.28. The van der Waals surface area contributed by atoms with Crippen molar-refractivity contribution in [3.63, 3.8) is 0 Å². The fourth-order valence-electron chi connectivity index (χ4n) is 3.28. The van der Waals surface area contributed by atoms with Crippen molar-refractivity contribution >= 4 is 5.91 Å². The monoisotopic (exact) mass is 356 g/mol. The van der Waals surface area contributed by atoms with Gasteiger partial charge in [-0.15, -0.1) is 0 Å². The fraction of sp³-hybridized carbons (Fsp3) is 0.500. The van der Waals surface area contributed by atoms with E-state index in [9.17, 15) is 4.79 Å². The van der Waals surface area contributed by atoms with Gasteiger partial charge in [-0.1, -0.05) is 18.2 Å². The van der Waals surface area contributed by atoms with E-state index in [1.807, 2.05) is 52.2 Å². The van der Waals surface area contributed by atoms with E-state index in [0.717, 1.165) is 37.5 Å². The third kappa shape index (κ3) is 5.08. The van der Waals surface area contributed by atoms with Crippen LogP contribution in [-0.2, 0) is 17.9 Å². The van der Waals surface area contributed by atoms with E-state index >= 15 is 0 Å². The van der Waals surface area contributed by atoms with Crippen molar-refractivity contribution in [3.05, 3.63) is 48.3 Å². The number of nitrogens with zero attached hydrogens (tertiary/aromatic N) is 4. The molecule has 2 aromatic rings. The molecule has 1 aliphatic rings. The van der Waals surface area contributed by atoms with Crippen LogP contribution in [0.25, 0.3) is 0 Å². The van der Waals surface area contributed by atoms with E-state index in [4.69, 9.17) is 4.74 Å². The van der Waals surface area contributed by atoms with Crippen molar-refractivity contribution in [1.82, 2.24) is 19.6 Å². The molecule has 0 saturated carbocycles. The molecule has 1 atom stereocenters. The lowest BCUT2D eigenvalue weighted by Gasteiger charge is -2.25. The summed E-state index contributed by atoms with van der Waals surface area (Å²) in [5.41, 5.74) is 1.11. The molecule has 1 aliphatic heterocycles. The van der Waals surface area contributed by atoms with Gasteiger partial charge >= 0.3 is 0 Å². The Bertz CT molecular complexity index is 699. The molecule has 1 amide bonds. The number of benzene rings is 1. The maximum absolute atomic E-state index is 12.8. The van der Waals surface area contributed by atoms with E-state index in [1.54, 1.807) is 0 Å². The number of para-hydroxylation sites is 1. The number of fused-ring (bicyclic) bond motifs is 1. The van der Waals surface area contributed by atoms with Crippen LogP contribution in [0.15, 0.2) is 42.6 Å². The van der Waals surface area contributed by atoms with E-state index in [0.29, 0.717) is 25.5 Å². The smallest absolute Gasteiger partial charge is 0.226 e. The molecular weight excluding hydrogens is 328 g/mol. The molecule has 1 aromatic carbocycles. The van der Waals surface area contributed by atoms with Crippen LogP contribution >= 0.6 is 0 Å². The molecule has 3 rings (SSSR count). The van der Waals surface area contributed by atoms with Crippen molar-refractivity contribution in [3.8, 4) is 5.75 Å². The molecule has 1 aromatic heterocycles. The lowest BCUT2D eigenvalue weighted by atomic mass is 10.0. The third-order valence-corrected chi connectivity index (χ3v) is 4.73. The molecule has 0 unspecified atom stereocenters. The molecule has 2 heterocycles. The zero-order chi connectivity index (χ0) is 18.4. The normalized spacial score (nSPS) is 17.0. The van der Waals surface area contributed by atoms with E-state index in [2.05, 4.69) is 24.1 Å². The SMILES string of the molecule is CN(C)CC[C@@H]1CN(C(=O)CCOc2ccccc2)Cc2ccnn2C1. The van der Waals surface area contributed by atoms with E-state index in [-0.39, 0.29) is 5.91 Å². The van der Waals surface area contributed by atoms with Gasteiger partial charge in [0.1, 0.15) is 5.75 Å². The molecule has 6 nitrogen and oxygen atoms in total. The molecule has 0 fully saturated rings. The Morgan fingerprint density at radius 2 is 2.04 bits per heavy atom. The Hall–Kier alpha value is -2.34. The molecule has 0 aliphatic carbocycles. The van der Waals surface area contributed by atoms with E-state index in [1.165, 1.54) is 0 Å². The van der Waals surface area contributed by atoms with Gasteiger partial charge in [-0.05, 0) is 51.2 Å². The van der Waals surface area contributed by atoms with Crippen LogP contribution < -0.4 is 4.74 Å². The first-order valence-corrected chi connectivity index (χ1v) is 9.23. The molecule has 0 N–H and O–H groups in total. The molecule has 6 heteroatoms. The number of rotatable bonds is 7. The molecule has 140 valence electrons. The van der Waals surface area contributed by atoms with Gasteiger partial charge in [-0.25, -0.2) is 0 Å². The van der Waals surface area contributed by atoms with Gasteiger partial charge in [-0.3, -0.25) is 9.48 Å². The number of ether oxygens (including phenoxy) is 1. The van der Waals surface area contributed by atoms with Crippen molar-refractivity contribution < 1.29 is 9.53 Å². The maximum atomic E-state index is 12.8. The summed E-state index contributed by atoms with van der Waals surface area (Å²) in [5.74, 6) is 1.36. The lowest BCUT2D eigenvalue weighted by molar-refractivity contribution is -0.132. The first-order chi connectivity index (χ1) is 12.6. The van der Waals surface area contributed by atoms with Crippen LogP contribution in [0.5, 0.6) is 5.75 Å². The highest BCUT2D eigenvalue weighted by molar-refractivity contribution is 5.76. The van der Waals surface area contributed by atoms with Crippen LogP contribution in [0.1, 0.15) is 18.5 Å². The number of hydrogen-bond donors (Lipinski definition) is 0. The van der Waals surface area contributed by atoms with Gasteiger partial charge in [0.15, 0.2) is 0 Å². The topological polar surface area (TPSA) is 50.6 Å². The zero-order valence-electron chi connectivity index (χ0n) is 15.7. The minimum absolute atomic E-state index is 0.144. The number of carbonyl (C=O) groups is 1. The van der Waals surface area contributed by atoms with Crippen molar-refractivity contribution in [2.24, 2.45) is 5.92 Å².